The smallest absolute Gasteiger partial charge is 0.337 e. The molecule has 116 valence electrons. The molecule has 2 aliphatic rings. The number of fused-ring (bicyclic) bond motifs is 3. The van der Waals surface area contributed by atoms with Gasteiger partial charge < -0.3 is 10.1 Å². The maximum Gasteiger partial charge on any atom is 0.337 e. The molecule has 0 saturated heterocycles. The lowest BCUT2D eigenvalue weighted by Crippen LogP contribution is -2.35. The normalized spacial score (nSPS) is 21.0. The van der Waals surface area contributed by atoms with E-state index in [-0.39, 0.29) is 11.1 Å². The average Bonchev–Trinajstić information content (AvgIpc) is 3.05. The van der Waals surface area contributed by atoms with Crippen LogP contribution in [-0.2, 0) is 27.8 Å². The third-order valence-corrected chi connectivity index (χ3v) is 4.84. The van der Waals surface area contributed by atoms with E-state index >= 15 is 0 Å². The summed E-state index contributed by atoms with van der Waals surface area (Å²) in [5.74, 6) is -0.0619. The molecule has 4 rings (SSSR count). The van der Waals surface area contributed by atoms with Gasteiger partial charge in [-0.3, -0.25) is 4.79 Å². The van der Waals surface area contributed by atoms with Crippen LogP contribution in [0.4, 0.5) is 5.82 Å². The minimum Gasteiger partial charge on any atom is -0.465 e. The molecular formula is C16H12ClN3O3. The molecule has 0 fully saturated rings. The van der Waals surface area contributed by atoms with E-state index < -0.39 is 11.4 Å². The zero-order valence-electron chi connectivity index (χ0n) is 12.2. The molecule has 0 radical (unpaired) electrons. The van der Waals surface area contributed by atoms with Gasteiger partial charge in [-0.15, -0.1) is 0 Å². The van der Waals surface area contributed by atoms with Crippen LogP contribution in [0.15, 0.2) is 24.5 Å². The van der Waals surface area contributed by atoms with Crippen LogP contribution in [0.1, 0.15) is 27.0 Å². The highest BCUT2D eigenvalue weighted by molar-refractivity contribution is 6.31. The van der Waals surface area contributed by atoms with Crippen LogP contribution in [-0.4, -0.2) is 29.0 Å². The number of nitrogens with one attached hydrogen (secondary N) is 1. The molecule has 2 aromatic rings. The van der Waals surface area contributed by atoms with Crippen molar-refractivity contribution in [3.63, 3.8) is 0 Å². The van der Waals surface area contributed by atoms with Gasteiger partial charge in [0, 0.05) is 5.56 Å². The lowest BCUT2D eigenvalue weighted by atomic mass is 9.80. The first-order valence-electron chi connectivity index (χ1n) is 7.08. The molecule has 23 heavy (non-hydrogen) atoms. The molecule has 6 nitrogen and oxygen atoms in total. The lowest BCUT2D eigenvalue weighted by Gasteiger charge is -2.20. The molecule has 1 aliphatic heterocycles. The second kappa shape index (κ2) is 4.76. The molecule has 1 aromatic carbocycles. The predicted octanol–water partition coefficient (Wildman–Crippen LogP) is 1.91. The number of anilines is 1. The highest BCUT2D eigenvalue weighted by Crippen LogP contribution is 2.48. The number of nitrogens with zero attached hydrogens (tertiary/aromatic N) is 2. The van der Waals surface area contributed by atoms with E-state index in [0.29, 0.717) is 29.8 Å². The summed E-state index contributed by atoms with van der Waals surface area (Å²) in [5, 5.41) is 3.07. The highest BCUT2D eigenvalue weighted by atomic mass is 35.5. The first-order valence-corrected chi connectivity index (χ1v) is 7.45. The second-order valence-electron chi connectivity index (χ2n) is 5.75. The van der Waals surface area contributed by atoms with Gasteiger partial charge in [0.1, 0.15) is 17.3 Å². The van der Waals surface area contributed by atoms with Crippen molar-refractivity contribution in [2.75, 3.05) is 12.4 Å². The summed E-state index contributed by atoms with van der Waals surface area (Å²) in [6.45, 7) is 0. The Morgan fingerprint density at radius 2 is 2.09 bits per heavy atom. The van der Waals surface area contributed by atoms with Crippen LogP contribution in [0.5, 0.6) is 0 Å². The molecule has 0 saturated carbocycles. The Morgan fingerprint density at radius 3 is 2.87 bits per heavy atom. The van der Waals surface area contributed by atoms with Gasteiger partial charge in [0.25, 0.3) is 0 Å². The Balaban J connectivity index is 1.82. The quantitative estimate of drug-likeness (QED) is 0.638. The third-order valence-electron chi connectivity index (χ3n) is 4.56. The molecular weight excluding hydrogens is 318 g/mol. The first kappa shape index (κ1) is 14.1. The number of carbonyl (C=O) groups excluding carboxylic acids is 2. The van der Waals surface area contributed by atoms with Gasteiger partial charge in [-0.05, 0) is 36.1 Å². The minimum atomic E-state index is -0.801. The van der Waals surface area contributed by atoms with E-state index in [0.717, 1.165) is 11.1 Å². The van der Waals surface area contributed by atoms with Gasteiger partial charge in [-0.2, -0.15) is 0 Å². The van der Waals surface area contributed by atoms with Crippen LogP contribution >= 0.6 is 11.6 Å². The minimum absolute atomic E-state index is 0.134. The van der Waals surface area contributed by atoms with E-state index in [1.54, 1.807) is 12.1 Å². The number of esters is 1. The van der Waals surface area contributed by atoms with Crippen molar-refractivity contribution in [1.29, 1.82) is 0 Å². The summed E-state index contributed by atoms with van der Waals surface area (Å²) in [5.41, 5.74) is 2.27. The monoisotopic (exact) mass is 329 g/mol. The van der Waals surface area contributed by atoms with Gasteiger partial charge in [0.15, 0.2) is 0 Å². The Hall–Kier alpha value is -2.47. The number of aromatic nitrogens is 2. The van der Waals surface area contributed by atoms with Crippen LogP contribution < -0.4 is 5.32 Å². The van der Waals surface area contributed by atoms with Crippen LogP contribution in [0.2, 0.25) is 5.15 Å². The van der Waals surface area contributed by atoms with E-state index in [1.165, 1.54) is 13.4 Å². The van der Waals surface area contributed by atoms with Crippen molar-refractivity contribution >= 4 is 29.3 Å². The van der Waals surface area contributed by atoms with Crippen LogP contribution in [0, 0.1) is 0 Å². The largest absolute Gasteiger partial charge is 0.465 e. The molecule has 0 bridgehead atoms. The summed E-state index contributed by atoms with van der Waals surface area (Å²) < 4.78 is 4.75. The number of amides is 1. The number of methoxy groups -OCH3 is 1. The predicted molar refractivity (Wildman–Crippen MR) is 82.5 cm³/mol. The molecule has 2 heterocycles. The zero-order chi connectivity index (χ0) is 16.2. The van der Waals surface area contributed by atoms with Gasteiger partial charge in [-0.25, -0.2) is 14.8 Å². The van der Waals surface area contributed by atoms with Crippen molar-refractivity contribution in [1.82, 2.24) is 9.97 Å². The maximum absolute atomic E-state index is 12.6. The van der Waals surface area contributed by atoms with Crippen molar-refractivity contribution in [3.8, 4) is 0 Å². The van der Waals surface area contributed by atoms with E-state index in [1.807, 2.05) is 6.07 Å². The van der Waals surface area contributed by atoms with Gasteiger partial charge in [-0.1, -0.05) is 17.7 Å². The number of ether oxygens (including phenoxy) is 1. The zero-order valence-corrected chi connectivity index (χ0v) is 13.0. The molecule has 1 atom stereocenters. The molecule has 7 heteroatoms. The number of benzene rings is 1. The molecule has 1 amide bonds. The van der Waals surface area contributed by atoms with E-state index in [4.69, 9.17) is 16.3 Å². The summed E-state index contributed by atoms with van der Waals surface area (Å²) in [4.78, 5) is 32.4. The maximum atomic E-state index is 12.6. The highest BCUT2D eigenvalue weighted by Gasteiger charge is 2.52. The number of hydrogen-bond donors (Lipinski definition) is 1. The first-order chi connectivity index (χ1) is 11.0. The van der Waals surface area contributed by atoms with E-state index in [9.17, 15) is 9.59 Å². The Bertz CT molecular complexity index is 868. The van der Waals surface area contributed by atoms with Crippen molar-refractivity contribution in [3.05, 3.63) is 51.9 Å². The lowest BCUT2D eigenvalue weighted by molar-refractivity contribution is -0.120. The van der Waals surface area contributed by atoms with Gasteiger partial charge in [0.2, 0.25) is 5.91 Å². The van der Waals surface area contributed by atoms with Crippen LogP contribution in [0.25, 0.3) is 0 Å². The number of halogens is 1. The topological polar surface area (TPSA) is 81.2 Å². The van der Waals surface area contributed by atoms with Gasteiger partial charge >= 0.3 is 5.97 Å². The SMILES string of the molecule is COC(=O)c1ccc2c(c1)CC1(C2)C(=O)Nc2ncnc(Cl)c21. The van der Waals surface area contributed by atoms with Crippen molar-refractivity contribution in [2.45, 2.75) is 18.3 Å². The Labute approximate surface area is 136 Å². The molecule has 1 N–H and O–H groups in total. The fraction of sp³-hybridized carbons (Fsp3) is 0.250. The van der Waals surface area contributed by atoms with Gasteiger partial charge in [0.05, 0.1) is 18.1 Å². The Morgan fingerprint density at radius 1 is 1.30 bits per heavy atom. The van der Waals surface area contributed by atoms with Crippen LogP contribution in [0.3, 0.4) is 0 Å². The molecule has 1 aliphatic carbocycles. The van der Waals surface area contributed by atoms with Crippen molar-refractivity contribution < 1.29 is 14.3 Å². The molecule has 1 aromatic heterocycles. The summed E-state index contributed by atoms with van der Waals surface area (Å²) in [6, 6.07) is 5.35. The number of rotatable bonds is 1. The Kier molecular flexibility index (Phi) is 2.93. The van der Waals surface area contributed by atoms with Crippen molar-refractivity contribution in [2.24, 2.45) is 0 Å². The summed E-state index contributed by atoms with van der Waals surface area (Å²) in [7, 11) is 1.34. The fourth-order valence-corrected chi connectivity index (χ4v) is 3.80. The molecule has 1 unspecified atom stereocenters. The standard InChI is InChI=1S/C16H12ClN3O3/c1-23-14(21)8-2-3-9-5-16(6-10(9)4-8)11-12(17)18-7-19-13(11)20-15(16)22/h2-4,7H,5-6H2,1H3,(H,18,19,20,22). The summed E-state index contributed by atoms with van der Waals surface area (Å²) in [6.07, 6.45) is 2.30. The number of carbonyl (C=O) groups is 2. The third kappa shape index (κ3) is 1.88. The number of hydrogen-bond acceptors (Lipinski definition) is 5. The average molecular weight is 330 g/mol. The summed E-state index contributed by atoms with van der Waals surface area (Å²) >= 11 is 6.23. The second-order valence-corrected chi connectivity index (χ2v) is 6.11. The molecule has 1 spiro atoms. The fourth-order valence-electron chi connectivity index (χ4n) is 3.48. The van der Waals surface area contributed by atoms with E-state index in [2.05, 4.69) is 15.3 Å².